The fourth-order valence-electron chi connectivity index (χ4n) is 1.26. The number of halogens is 1. The SMILES string of the molecule is COc1ccc(OC[C@H]2C[C@@H]2Br)cc1. The van der Waals surface area contributed by atoms with Crippen molar-refractivity contribution in [1.82, 2.24) is 0 Å². The predicted octanol–water partition coefficient (Wildman–Crippen LogP) is 2.86. The highest BCUT2D eigenvalue weighted by Crippen LogP contribution is 2.37. The second-order valence-corrected chi connectivity index (χ2v) is 4.67. The number of methoxy groups -OCH3 is 1. The molecule has 1 aromatic rings. The van der Waals surface area contributed by atoms with Crippen molar-refractivity contribution in [1.29, 1.82) is 0 Å². The topological polar surface area (TPSA) is 18.5 Å². The number of alkyl halides is 1. The molecule has 76 valence electrons. The lowest BCUT2D eigenvalue weighted by molar-refractivity contribution is 0.300. The van der Waals surface area contributed by atoms with Gasteiger partial charge in [-0.2, -0.15) is 0 Å². The van der Waals surface area contributed by atoms with Gasteiger partial charge in [0.25, 0.3) is 0 Å². The summed E-state index contributed by atoms with van der Waals surface area (Å²) < 4.78 is 10.7. The molecule has 1 aromatic carbocycles. The van der Waals surface area contributed by atoms with E-state index in [2.05, 4.69) is 15.9 Å². The second-order valence-electron chi connectivity index (χ2n) is 3.50. The van der Waals surface area contributed by atoms with Crippen molar-refractivity contribution in [2.75, 3.05) is 13.7 Å². The van der Waals surface area contributed by atoms with Crippen LogP contribution in [0.4, 0.5) is 0 Å². The first-order valence-electron chi connectivity index (χ1n) is 4.70. The van der Waals surface area contributed by atoms with E-state index in [4.69, 9.17) is 9.47 Å². The van der Waals surface area contributed by atoms with Gasteiger partial charge >= 0.3 is 0 Å². The van der Waals surface area contributed by atoms with Crippen molar-refractivity contribution < 1.29 is 9.47 Å². The summed E-state index contributed by atoms with van der Waals surface area (Å²) in [6.07, 6.45) is 1.23. The Morgan fingerprint density at radius 1 is 1.29 bits per heavy atom. The first kappa shape index (κ1) is 9.84. The molecule has 0 aromatic heterocycles. The molecule has 2 atom stereocenters. The third-order valence-corrected chi connectivity index (χ3v) is 3.48. The van der Waals surface area contributed by atoms with Crippen molar-refractivity contribution in [2.45, 2.75) is 11.2 Å². The minimum Gasteiger partial charge on any atom is -0.497 e. The Kier molecular flexibility index (Phi) is 2.96. The number of rotatable bonds is 4. The lowest BCUT2D eigenvalue weighted by Crippen LogP contribution is -2.00. The fourth-order valence-corrected chi connectivity index (χ4v) is 1.89. The van der Waals surface area contributed by atoms with Crippen molar-refractivity contribution in [3.63, 3.8) is 0 Å². The molecule has 0 saturated heterocycles. The molecule has 0 aliphatic heterocycles. The maximum atomic E-state index is 5.61. The van der Waals surface area contributed by atoms with Crippen molar-refractivity contribution in [3.05, 3.63) is 24.3 Å². The zero-order valence-electron chi connectivity index (χ0n) is 8.07. The largest absolute Gasteiger partial charge is 0.497 e. The van der Waals surface area contributed by atoms with Crippen LogP contribution < -0.4 is 9.47 Å². The first-order valence-corrected chi connectivity index (χ1v) is 5.62. The molecular formula is C11H13BrO2. The minimum atomic E-state index is 0.667. The quantitative estimate of drug-likeness (QED) is 0.772. The molecule has 2 nitrogen and oxygen atoms in total. The average molecular weight is 257 g/mol. The first-order chi connectivity index (χ1) is 6.79. The molecule has 0 spiro atoms. The maximum absolute atomic E-state index is 5.61. The van der Waals surface area contributed by atoms with Crippen LogP contribution >= 0.6 is 15.9 Å². The number of benzene rings is 1. The van der Waals surface area contributed by atoms with E-state index in [1.165, 1.54) is 6.42 Å². The summed E-state index contributed by atoms with van der Waals surface area (Å²) in [6, 6.07) is 7.69. The van der Waals surface area contributed by atoms with Crippen LogP contribution in [0.25, 0.3) is 0 Å². The van der Waals surface area contributed by atoms with Gasteiger partial charge in [0.1, 0.15) is 11.5 Å². The molecule has 0 N–H and O–H groups in total. The molecule has 1 aliphatic rings. The molecular weight excluding hydrogens is 244 g/mol. The van der Waals surface area contributed by atoms with Crippen LogP contribution in [-0.2, 0) is 0 Å². The summed E-state index contributed by atoms with van der Waals surface area (Å²) in [5.41, 5.74) is 0. The number of ether oxygens (including phenoxy) is 2. The van der Waals surface area contributed by atoms with Crippen LogP contribution in [0, 0.1) is 5.92 Å². The minimum absolute atomic E-state index is 0.667. The molecule has 0 unspecified atom stereocenters. The van der Waals surface area contributed by atoms with Crippen LogP contribution in [-0.4, -0.2) is 18.5 Å². The lowest BCUT2D eigenvalue weighted by Gasteiger charge is -2.05. The van der Waals surface area contributed by atoms with Crippen LogP contribution in [0.5, 0.6) is 11.5 Å². The monoisotopic (exact) mass is 256 g/mol. The Morgan fingerprint density at radius 2 is 1.86 bits per heavy atom. The van der Waals surface area contributed by atoms with Gasteiger partial charge in [0, 0.05) is 10.7 Å². The van der Waals surface area contributed by atoms with Gasteiger partial charge in [-0.05, 0) is 30.7 Å². The summed E-state index contributed by atoms with van der Waals surface area (Å²) in [6.45, 7) is 0.808. The zero-order valence-corrected chi connectivity index (χ0v) is 9.66. The van der Waals surface area contributed by atoms with Gasteiger partial charge in [0.15, 0.2) is 0 Å². The molecule has 1 fully saturated rings. The van der Waals surface area contributed by atoms with E-state index in [-0.39, 0.29) is 0 Å². The van der Waals surface area contributed by atoms with E-state index in [1.54, 1.807) is 7.11 Å². The van der Waals surface area contributed by atoms with E-state index in [0.29, 0.717) is 10.7 Å². The van der Waals surface area contributed by atoms with Gasteiger partial charge < -0.3 is 9.47 Å². The number of hydrogen-bond donors (Lipinski definition) is 0. The van der Waals surface area contributed by atoms with Crippen molar-refractivity contribution >= 4 is 15.9 Å². The lowest BCUT2D eigenvalue weighted by atomic mass is 10.3. The Morgan fingerprint density at radius 3 is 2.36 bits per heavy atom. The molecule has 0 amide bonds. The van der Waals surface area contributed by atoms with Crippen LogP contribution in [0.2, 0.25) is 0 Å². The molecule has 1 saturated carbocycles. The van der Waals surface area contributed by atoms with Gasteiger partial charge in [0.05, 0.1) is 13.7 Å². The van der Waals surface area contributed by atoms with E-state index >= 15 is 0 Å². The third-order valence-electron chi connectivity index (χ3n) is 2.36. The molecule has 14 heavy (non-hydrogen) atoms. The Hall–Kier alpha value is -0.700. The van der Waals surface area contributed by atoms with E-state index in [1.807, 2.05) is 24.3 Å². The second kappa shape index (κ2) is 4.22. The Balaban J connectivity index is 1.84. The normalized spacial score (nSPS) is 24.4. The van der Waals surface area contributed by atoms with Gasteiger partial charge in [-0.25, -0.2) is 0 Å². The van der Waals surface area contributed by atoms with Crippen LogP contribution in [0.1, 0.15) is 6.42 Å². The fraction of sp³-hybridized carbons (Fsp3) is 0.455. The molecule has 0 bridgehead atoms. The van der Waals surface area contributed by atoms with E-state index < -0.39 is 0 Å². The standard InChI is InChI=1S/C11H13BrO2/c1-13-9-2-4-10(5-3-9)14-7-8-6-11(8)12/h2-5,8,11H,6-7H2,1H3/t8-,11+/m1/s1. The molecule has 0 heterocycles. The summed E-state index contributed by atoms with van der Waals surface area (Å²) >= 11 is 3.54. The highest BCUT2D eigenvalue weighted by Gasteiger charge is 2.34. The number of hydrogen-bond acceptors (Lipinski definition) is 2. The molecule has 0 radical (unpaired) electrons. The Bertz CT molecular complexity index is 297. The average Bonchev–Trinajstić information content (AvgIpc) is 2.92. The predicted molar refractivity (Wildman–Crippen MR) is 59.3 cm³/mol. The highest BCUT2D eigenvalue weighted by atomic mass is 79.9. The van der Waals surface area contributed by atoms with Gasteiger partial charge in [-0.1, -0.05) is 15.9 Å². The molecule has 2 rings (SSSR count). The van der Waals surface area contributed by atoms with Crippen molar-refractivity contribution in [3.8, 4) is 11.5 Å². The van der Waals surface area contributed by atoms with Gasteiger partial charge in [0.2, 0.25) is 0 Å². The summed E-state index contributed by atoms with van der Waals surface area (Å²) in [4.78, 5) is 0.667. The highest BCUT2D eigenvalue weighted by molar-refractivity contribution is 9.09. The third kappa shape index (κ3) is 2.41. The smallest absolute Gasteiger partial charge is 0.119 e. The van der Waals surface area contributed by atoms with Gasteiger partial charge in [-0.15, -0.1) is 0 Å². The van der Waals surface area contributed by atoms with Gasteiger partial charge in [-0.3, -0.25) is 0 Å². The van der Waals surface area contributed by atoms with Crippen LogP contribution in [0.3, 0.4) is 0 Å². The zero-order chi connectivity index (χ0) is 9.97. The molecule has 3 heteroatoms. The van der Waals surface area contributed by atoms with E-state index in [0.717, 1.165) is 18.1 Å². The Labute approximate surface area is 92.3 Å². The van der Waals surface area contributed by atoms with E-state index in [9.17, 15) is 0 Å². The summed E-state index contributed by atoms with van der Waals surface area (Å²) in [5, 5.41) is 0. The molecule has 1 aliphatic carbocycles. The summed E-state index contributed by atoms with van der Waals surface area (Å²) in [5.74, 6) is 2.47. The summed E-state index contributed by atoms with van der Waals surface area (Å²) in [7, 11) is 1.66. The van der Waals surface area contributed by atoms with Crippen molar-refractivity contribution in [2.24, 2.45) is 5.92 Å². The maximum Gasteiger partial charge on any atom is 0.119 e. The van der Waals surface area contributed by atoms with Crippen LogP contribution in [0.15, 0.2) is 24.3 Å².